The van der Waals surface area contributed by atoms with E-state index in [0.717, 1.165) is 51.4 Å². The molecule has 0 amide bonds. The van der Waals surface area contributed by atoms with Crippen molar-refractivity contribution in [3.05, 3.63) is 35.9 Å². The van der Waals surface area contributed by atoms with Crippen molar-refractivity contribution in [1.29, 1.82) is 0 Å². The molecule has 1 saturated heterocycles. The molecular weight excluding hydrogens is 260 g/mol. The summed E-state index contributed by atoms with van der Waals surface area (Å²) in [4.78, 5) is 0. The fourth-order valence-corrected chi connectivity index (χ4v) is 2.97. The van der Waals surface area contributed by atoms with Crippen LogP contribution in [0.4, 0.5) is 0 Å². The Labute approximate surface area is 121 Å². The number of halogens is 1. The van der Waals surface area contributed by atoms with Gasteiger partial charge in [-0.2, -0.15) is 0 Å². The van der Waals surface area contributed by atoms with Crippen LogP contribution in [-0.4, -0.2) is 25.7 Å². The molecule has 2 nitrogen and oxygen atoms in total. The third kappa shape index (κ3) is 4.79. The lowest BCUT2D eigenvalue weighted by atomic mass is 9.78. The van der Waals surface area contributed by atoms with Crippen LogP contribution >= 0.6 is 11.6 Å². The predicted octanol–water partition coefficient (Wildman–Crippen LogP) is 4.02. The molecule has 0 saturated carbocycles. The summed E-state index contributed by atoms with van der Waals surface area (Å²) in [5.41, 5.74) is 1.52. The van der Waals surface area contributed by atoms with Crippen molar-refractivity contribution >= 4 is 11.6 Å². The first-order chi connectivity index (χ1) is 9.35. The van der Waals surface area contributed by atoms with E-state index in [4.69, 9.17) is 21.1 Å². The van der Waals surface area contributed by atoms with Crippen LogP contribution < -0.4 is 0 Å². The first kappa shape index (κ1) is 14.8. The van der Waals surface area contributed by atoms with Crippen LogP contribution in [0, 0.1) is 5.41 Å². The summed E-state index contributed by atoms with van der Waals surface area (Å²) in [6.07, 6.45) is 4.42. The van der Waals surface area contributed by atoms with Crippen LogP contribution in [0.2, 0.25) is 0 Å². The SMILES string of the molecule is ClCC1(CCCOCc2ccccc2)CCOCC1. The van der Waals surface area contributed by atoms with Crippen molar-refractivity contribution in [2.24, 2.45) is 5.41 Å². The Morgan fingerprint density at radius 3 is 2.58 bits per heavy atom. The monoisotopic (exact) mass is 282 g/mol. The average Bonchev–Trinajstić information content (AvgIpc) is 2.49. The summed E-state index contributed by atoms with van der Waals surface area (Å²) in [6, 6.07) is 10.3. The van der Waals surface area contributed by atoms with Crippen molar-refractivity contribution in [2.45, 2.75) is 32.3 Å². The fourth-order valence-electron chi connectivity index (χ4n) is 2.57. The molecule has 1 fully saturated rings. The van der Waals surface area contributed by atoms with Crippen molar-refractivity contribution in [2.75, 3.05) is 25.7 Å². The van der Waals surface area contributed by atoms with E-state index in [0.29, 0.717) is 6.61 Å². The second-order valence-electron chi connectivity index (χ2n) is 5.39. The van der Waals surface area contributed by atoms with Gasteiger partial charge in [0, 0.05) is 25.7 Å². The van der Waals surface area contributed by atoms with Gasteiger partial charge in [0.05, 0.1) is 6.61 Å². The smallest absolute Gasteiger partial charge is 0.0716 e. The number of benzene rings is 1. The molecule has 0 atom stereocenters. The minimum absolute atomic E-state index is 0.288. The zero-order valence-electron chi connectivity index (χ0n) is 11.4. The van der Waals surface area contributed by atoms with E-state index < -0.39 is 0 Å². The lowest BCUT2D eigenvalue weighted by molar-refractivity contribution is 0.0149. The molecule has 1 aromatic carbocycles. The molecule has 0 aromatic heterocycles. The highest BCUT2D eigenvalue weighted by Crippen LogP contribution is 2.36. The van der Waals surface area contributed by atoms with Crippen LogP contribution in [0.5, 0.6) is 0 Å². The quantitative estimate of drug-likeness (QED) is 0.555. The molecule has 19 heavy (non-hydrogen) atoms. The normalized spacial score (nSPS) is 18.4. The summed E-state index contributed by atoms with van der Waals surface area (Å²) in [5, 5.41) is 0. The van der Waals surface area contributed by atoms with Crippen LogP contribution in [0.25, 0.3) is 0 Å². The van der Waals surface area contributed by atoms with Gasteiger partial charge >= 0.3 is 0 Å². The molecular formula is C16H23ClO2. The van der Waals surface area contributed by atoms with Gasteiger partial charge in [0.25, 0.3) is 0 Å². The Kier molecular flexibility index (Phi) is 6.15. The van der Waals surface area contributed by atoms with Gasteiger partial charge in [-0.3, -0.25) is 0 Å². The van der Waals surface area contributed by atoms with Crippen LogP contribution in [0.15, 0.2) is 30.3 Å². The highest BCUT2D eigenvalue weighted by Gasteiger charge is 2.30. The number of hydrogen-bond acceptors (Lipinski definition) is 2. The summed E-state index contributed by atoms with van der Waals surface area (Å²) in [6.45, 7) is 3.24. The molecule has 0 unspecified atom stereocenters. The molecule has 2 rings (SSSR count). The maximum atomic E-state index is 6.15. The minimum atomic E-state index is 0.288. The zero-order valence-corrected chi connectivity index (χ0v) is 12.2. The van der Waals surface area contributed by atoms with E-state index in [-0.39, 0.29) is 5.41 Å². The number of ether oxygens (including phenoxy) is 2. The Morgan fingerprint density at radius 1 is 1.16 bits per heavy atom. The Balaban J connectivity index is 1.63. The largest absolute Gasteiger partial charge is 0.381 e. The van der Waals surface area contributed by atoms with Gasteiger partial charge in [-0.1, -0.05) is 30.3 Å². The highest BCUT2D eigenvalue weighted by molar-refractivity contribution is 6.18. The van der Waals surface area contributed by atoms with Gasteiger partial charge in [0.2, 0.25) is 0 Å². The Hall–Kier alpha value is -0.570. The second-order valence-corrected chi connectivity index (χ2v) is 5.66. The molecule has 0 N–H and O–H groups in total. The van der Waals surface area contributed by atoms with Crippen molar-refractivity contribution < 1.29 is 9.47 Å². The molecule has 1 aromatic rings. The summed E-state index contributed by atoms with van der Waals surface area (Å²) in [7, 11) is 0. The molecule has 0 spiro atoms. The minimum Gasteiger partial charge on any atom is -0.381 e. The van der Waals surface area contributed by atoms with Crippen molar-refractivity contribution in [3.8, 4) is 0 Å². The maximum absolute atomic E-state index is 6.15. The predicted molar refractivity (Wildman–Crippen MR) is 78.5 cm³/mol. The zero-order chi connectivity index (χ0) is 13.4. The van der Waals surface area contributed by atoms with Gasteiger partial charge in [-0.15, -0.1) is 11.6 Å². The van der Waals surface area contributed by atoms with Gasteiger partial charge in [0.1, 0.15) is 0 Å². The Morgan fingerprint density at radius 2 is 1.89 bits per heavy atom. The second kappa shape index (κ2) is 7.88. The van der Waals surface area contributed by atoms with Crippen LogP contribution in [0.3, 0.4) is 0 Å². The summed E-state index contributed by atoms with van der Waals surface area (Å²) < 4.78 is 11.1. The number of rotatable bonds is 7. The maximum Gasteiger partial charge on any atom is 0.0716 e. The van der Waals surface area contributed by atoms with E-state index in [1.54, 1.807) is 0 Å². The molecule has 0 aliphatic carbocycles. The lowest BCUT2D eigenvalue weighted by Crippen LogP contribution is -2.31. The average molecular weight is 283 g/mol. The molecule has 1 aliphatic rings. The van der Waals surface area contributed by atoms with E-state index in [9.17, 15) is 0 Å². The van der Waals surface area contributed by atoms with Gasteiger partial charge < -0.3 is 9.47 Å². The third-order valence-corrected chi connectivity index (χ3v) is 4.51. The summed E-state index contributed by atoms with van der Waals surface area (Å²) in [5.74, 6) is 0.745. The first-order valence-corrected chi connectivity index (χ1v) is 7.63. The van der Waals surface area contributed by atoms with Gasteiger partial charge in [0.15, 0.2) is 0 Å². The molecule has 1 aliphatic heterocycles. The fraction of sp³-hybridized carbons (Fsp3) is 0.625. The number of hydrogen-bond donors (Lipinski definition) is 0. The third-order valence-electron chi connectivity index (χ3n) is 3.94. The standard InChI is InChI=1S/C16H23ClO2/c17-14-16(8-11-18-12-9-16)7-4-10-19-13-15-5-2-1-3-6-15/h1-3,5-6H,4,7-14H2. The molecule has 3 heteroatoms. The lowest BCUT2D eigenvalue weighted by Gasteiger charge is -2.35. The highest BCUT2D eigenvalue weighted by atomic mass is 35.5. The van der Waals surface area contributed by atoms with E-state index in [1.165, 1.54) is 5.56 Å². The first-order valence-electron chi connectivity index (χ1n) is 7.10. The molecule has 106 valence electrons. The molecule has 1 heterocycles. The van der Waals surface area contributed by atoms with Gasteiger partial charge in [-0.25, -0.2) is 0 Å². The summed E-state index contributed by atoms with van der Waals surface area (Å²) >= 11 is 6.15. The van der Waals surface area contributed by atoms with E-state index in [2.05, 4.69) is 12.1 Å². The topological polar surface area (TPSA) is 18.5 Å². The van der Waals surface area contributed by atoms with E-state index >= 15 is 0 Å². The molecule has 0 bridgehead atoms. The van der Waals surface area contributed by atoms with Crippen LogP contribution in [0.1, 0.15) is 31.2 Å². The van der Waals surface area contributed by atoms with Crippen molar-refractivity contribution in [1.82, 2.24) is 0 Å². The Bertz CT molecular complexity index is 347. The number of alkyl halides is 1. The van der Waals surface area contributed by atoms with Gasteiger partial charge in [-0.05, 0) is 36.7 Å². The van der Waals surface area contributed by atoms with E-state index in [1.807, 2.05) is 18.2 Å². The van der Waals surface area contributed by atoms with Crippen molar-refractivity contribution in [3.63, 3.8) is 0 Å². The van der Waals surface area contributed by atoms with Crippen LogP contribution in [-0.2, 0) is 16.1 Å². The molecule has 0 radical (unpaired) electrons.